The van der Waals surface area contributed by atoms with E-state index in [2.05, 4.69) is 0 Å². The second-order valence-electron chi connectivity index (χ2n) is 4.76. The lowest BCUT2D eigenvalue weighted by Gasteiger charge is -2.12. The molecule has 2 aromatic rings. The molecule has 0 aliphatic rings. The number of carbonyl (C=O) groups excluding carboxylic acids is 1. The van der Waals surface area contributed by atoms with E-state index in [4.69, 9.17) is 16.3 Å². The number of aryl methyl sites for hydroxylation is 2. The van der Waals surface area contributed by atoms with Crippen LogP contribution in [0.2, 0.25) is 5.02 Å². The van der Waals surface area contributed by atoms with E-state index in [0.29, 0.717) is 18.1 Å². The Morgan fingerprint density at radius 2 is 1.70 bits per heavy atom. The van der Waals surface area contributed by atoms with Gasteiger partial charge in [-0.3, -0.25) is 4.79 Å². The van der Waals surface area contributed by atoms with Crippen LogP contribution in [0.5, 0.6) is 5.75 Å². The fraction of sp³-hybridized carbons (Fsp3) is 0.235. The third-order valence-corrected chi connectivity index (χ3v) is 3.31. The first-order valence-corrected chi connectivity index (χ1v) is 6.93. The van der Waals surface area contributed by atoms with Gasteiger partial charge in [0.2, 0.25) is 0 Å². The number of Topliss-reactive ketones (excluding diaryl/α,β-unsaturated/α-hetero) is 1. The topological polar surface area (TPSA) is 26.3 Å². The Hall–Kier alpha value is -1.80. The van der Waals surface area contributed by atoms with Crippen molar-refractivity contribution in [3.63, 3.8) is 0 Å². The highest BCUT2D eigenvalue weighted by Crippen LogP contribution is 2.27. The standard InChI is InChI=1S/C17H17ClO2/c1-12-10-15(18)11-13(2)17(12)20-9-8-16(19)14-6-4-3-5-7-14/h3-7,10-11H,8-9H2,1-2H3. The summed E-state index contributed by atoms with van der Waals surface area (Å²) in [4.78, 5) is 12.0. The minimum atomic E-state index is 0.0925. The molecule has 2 rings (SSSR count). The predicted octanol–water partition coefficient (Wildman–Crippen LogP) is 4.61. The van der Waals surface area contributed by atoms with Crippen LogP contribution in [0.15, 0.2) is 42.5 Å². The summed E-state index contributed by atoms with van der Waals surface area (Å²) >= 11 is 5.98. The molecule has 0 aromatic heterocycles. The first-order chi connectivity index (χ1) is 9.58. The molecule has 3 heteroatoms. The zero-order valence-electron chi connectivity index (χ0n) is 11.7. The van der Waals surface area contributed by atoms with Gasteiger partial charge in [0.25, 0.3) is 0 Å². The van der Waals surface area contributed by atoms with Gasteiger partial charge in [-0.2, -0.15) is 0 Å². The van der Waals surface area contributed by atoms with Crippen molar-refractivity contribution in [1.29, 1.82) is 0 Å². The SMILES string of the molecule is Cc1cc(Cl)cc(C)c1OCCC(=O)c1ccccc1. The Morgan fingerprint density at radius 3 is 2.30 bits per heavy atom. The van der Waals surface area contributed by atoms with Gasteiger partial charge in [0.15, 0.2) is 5.78 Å². The second-order valence-corrected chi connectivity index (χ2v) is 5.19. The Balaban J connectivity index is 1.95. The van der Waals surface area contributed by atoms with Gasteiger partial charge >= 0.3 is 0 Å². The molecule has 2 aromatic carbocycles. The van der Waals surface area contributed by atoms with Crippen molar-refractivity contribution >= 4 is 17.4 Å². The maximum atomic E-state index is 12.0. The Morgan fingerprint density at radius 1 is 1.10 bits per heavy atom. The number of benzene rings is 2. The van der Waals surface area contributed by atoms with E-state index < -0.39 is 0 Å². The van der Waals surface area contributed by atoms with Crippen molar-refractivity contribution in [1.82, 2.24) is 0 Å². The molecule has 0 N–H and O–H groups in total. The van der Waals surface area contributed by atoms with Gasteiger partial charge in [-0.25, -0.2) is 0 Å². The molecule has 0 heterocycles. The summed E-state index contributed by atoms with van der Waals surface area (Å²) in [6.07, 6.45) is 0.367. The third-order valence-electron chi connectivity index (χ3n) is 3.10. The molecule has 0 bridgehead atoms. The van der Waals surface area contributed by atoms with Crippen molar-refractivity contribution in [2.45, 2.75) is 20.3 Å². The highest BCUT2D eigenvalue weighted by molar-refractivity contribution is 6.30. The number of rotatable bonds is 5. The summed E-state index contributed by atoms with van der Waals surface area (Å²) in [6, 6.07) is 13.0. The van der Waals surface area contributed by atoms with Crippen molar-refractivity contribution in [2.24, 2.45) is 0 Å². The van der Waals surface area contributed by atoms with Crippen LogP contribution < -0.4 is 4.74 Å². The monoisotopic (exact) mass is 288 g/mol. The molecule has 0 aliphatic carbocycles. The number of ketones is 1. The summed E-state index contributed by atoms with van der Waals surface area (Å²) in [5, 5.41) is 0.702. The average Bonchev–Trinajstić information content (AvgIpc) is 2.42. The molecule has 0 amide bonds. The van der Waals surface area contributed by atoms with E-state index in [1.54, 1.807) is 0 Å². The lowest BCUT2D eigenvalue weighted by Crippen LogP contribution is -2.08. The van der Waals surface area contributed by atoms with Gasteiger partial charge in [-0.15, -0.1) is 0 Å². The van der Waals surface area contributed by atoms with Crippen molar-refractivity contribution < 1.29 is 9.53 Å². The lowest BCUT2D eigenvalue weighted by atomic mass is 10.1. The molecule has 0 atom stereocenters. The fourth-order valence-corrected chi connectivity index (χ4v) is 2.47. The normalized spacial score (nSPS) is 10.3. The van der Waals surface area contributed by atoms with E-state index in [1.165, 1.54) is 0 Å². The molecule has 0 radical (unpaired) electrons. The molecule has 0 fully saturated rings. The van der Waals surface area contributed by atoms with Crippen LogP contribution in [0.25, 0.3) is 0 Å². The molecule has 104 valence electrons. The Kier molecular flexibility index (Phi) is 4.80. The third kappa shape index (κ3) is 3.61. The van der Waals surface area contributed by atoms with E-state index in [9.17, 15) is 4.79 Å². The predicted molar refractivity (Wildman–Crippen MR) is 81.8 cm³/mol. The number of ether oxygens (including phenoxy) is 1. The summed E-state index contributed by atoms with van der Waals surface area (Å²) < 4.78 is 5.74. The van der Waals surface area contributed by atoms with Crippen LogP contribution in [0.1, 0.15) is 27.9 Å². The van der Waals surface area contributed by atoms with E-state index in [-0.39, 0.29) is 5.78 Å². The second kappa shape index (κ2) is 6.58. The summed E-state index contributed by atoms with van der Waals surface area (Å²) in [5.41, 5.74) is 2.70. The van der Waals surface area contributed by atoms with Crippen LogP contribution >= 0.6 is 11.6 Å². The Labute approximate surface area is 124 Å². The smallest absolute Gasteiger partial charge is 0.166 e. The van der Waals surface area contributed by atoms with Gasteiger partial charge in [-0.1, -0.05) is 41.9 Å². The highest BCUT2D eigenvalue weighted by Gasteiger charge is 2.08. The largest absolute Gasteiger partial charge is 0.493 e. The molecule has 0 aliphatic heterocycles. The summed E-state index contributed by atoms with van der Waals surface area (Å²) in [7, 11) is 0. The summed E-state index contributed by atoms with van der Waals surface area (Å²) in [5.74, 6) is 0.908. The fourth-order valence-electron chi connectivity index (χ4n) is 2.14. The zero-order chi connectivity index (χ0) is 14.5. The molecule has 20 heavy (non-hydrogen) atoms. The van der Waals surface area contributed by atoms with Gasteiger partial charge < -0.3 is 4.74 Å². The van der Waals surface area contributed by atoms with Crippen LogP contribution in [0.3, 0.4) is 0 Å². The van der Waals surface area contributed by atoms with Crippen LogP contribution in [0, 0.1) is 13.8 Å². The first-order valence-electron chi connectivity index (χ1n) is 6.55. The molecule has 0 saturated carbocycles. The Bertz CT molecular complexity index is 583. The maximum absolute atomic E-state index is 12.0. The molecule has 2 nitrogen and oxygen atoms in total. The summed E-state index contributed by atoms with van der Waals surface area (Å²) in [6.45, 7) is 4.28. The van der Waals surface area contributed by atoms with Crippen LogP contribution in [-0.4, -0.2) is 12.4 Å². The van der Waals surface area contributed by atoms with Crippen molar-refractivity contribution in [2.75, 3.05) is 6.61 Å². The molecule has 0 saturated heterocycles. The average molecular weight is 289 g/mol. The number of halogens is 1. The van der Waals surface area contributed by atoms with Crippen LogP contribution in [-0.2, 0) is 0 Å². The first kappa shape index (κ1) is 14.6. The van der Waals surface area contributed by atoms with E-state index in [1.807, 2.05) is 56.3 Å². The quantitative estimate of drug-likeness (QED) is 0.751. The van der Waals surface area contributed by atoms with Crippen LogP contribution in [0.4, 0.5) is 0 Å². The number of hydrogen-bond donors (Lipinski definition) is 0. The molecular formula is C17H17ClO2. The van der Waals surface area contributed by atoms with Gasteiger partial charge in [-0.05, 0) is 37.1 Å². The van der Waals surface area contributed by atoms with Gasteiger partial charge in [0, 0.05) is 17.0 Å². The number of hydrogen-bond acceptors (Lipinski definition) is 2. The van der Waals surface area contributed by atoms with Crippen molar-refractivity contribution in [3.05, 3.63) is 64.2 Å². The minimum absolute atomic E-state index is 0.0925. The van der Waals surface area contributed by atoms with Gasteiger partial charge in [0.1, 0.15) is 5.75 Å². The zero-order valence-corrected chi connectivity index (χ0v) is 12.4. The minimum Gasteiger partial charge on any atom is -0.493 e. The maximum Gasteiger partial charge on any atom is 0.166 e. The molecule has 0 unspecified atom stereocenters. The molecular weight excluding hydrogens is 272 g/mol. The van der Waals surface area contributed by atoms with E-state index >= 15 is 0 Å². The molecule has 0 spiro atoms. The highest BCUT2D eigenvalue weighted by atomic mass is 35.5. The lowest BCUT2D eigenvalue weighted by molar-refractivity contribution is 0.0962. The van der Waals surface area contributed by atoms with E-state index in [0.717, 1.165) is 22.4 Å². The van der Waals surface area contributed by atoms with Gasteiger partial charge in [0.05, 0.1) is 6.61 Å². The number of carbonyl (C=O) groups is 1. The van der Waals surface area contributed by atoms with Crippen molar-refractivity contribution in [3.8, 4) is 5.75 Å².